The van der Waals surface area contributed by atoms with Crippen LogP contribution in [0, 0.1) is 17.8 Å². The summed E-state index contributed by atoms with van der Waals surface area (Å²) in [5.41, 5.74) is 0.578. The number of carbonyl (C=O) groups is 4. The summed E-state index contributed by atoms with van der Waals surface area (Å²) in [7, 11) is 1.46. The third-order valence-electron chi connectivity index (χ3n) is 6.48. The van der Waals surface area contributed by atoms with E-state index < -0.39 is 36.1 Å². The van der Waals surface area contributed by atoms with E-state index in [0.29, 0.717) is 50.5 Å². The van der Waals surface area contributed by atoms with Gasteiger partial charge < -0.3 is 20.1 Å². The van der Waals surface area contributed by atoms with Gasteiger partial charge in [-0.05, 0) is 44.1 Å². The SMILES string of the molecule is CO[C@H](/C=C/CC/C=C/C(=O)O)[C@@H](O)[C@@H](C)[C@@H](O)/C(C)=C/[C@@H](C)C(=O)CCCC1CC(=O)NC(=O)C1. The first-order valence-electron chi connectivity index (χ1n) is 12.4. The van der Waals surface area contributed by atoms with Gasteiger partial charge in [-0.3, -0.25) is 19.7 Å². The number of amides is 2. The van der Waals surface area contributed by atoms with E-state index in [1.165, 1.54) is 7.11 Å². The number of hydrogen-bond donors (Lipinski definition) is 4. The normalized spacial score (nSPS) is 19.8. The Hall–Kier alpha value is -2.62. The molecule has 1 saturated heterocycles. The molecular formula is C27H41NO8. The first-order chi connectivity index (χ1) is 17.0. The minimum Gasteiger partial charge on any atom is -0.478 e. The fourth-order valence-corrected chi connectivity index (χ4v) is 4.28. The third-order valence-corrected chi connectivity index (χ3v) is 6.48. The molecule has 0 aromatic heterocycles. The van der Waals surface area contributed by atoms with E-state index >= 15 is 0 Å². The average molecular weight is 508 g/mol. The number of piperidine rings is 1. The lowest BCUT2D eigenvalue weighted by molar-refractivity contribution is -0.135. The number of ether oxygens (including phenoxy) is 1. The highest BCUT2D eigenvalue weighted by Gasteiger charge is 2.30. The van der Waals surface area contributed by atoms with Crippen molar-refractivity contribution in [3.8, 4) is 0 Å². The fraction of sp³-hybridized carbons (Fsp3) is 0.630. The average Bonchev–Trinajstić information content (AvgIpc) is 2.81. The number of hydrogen-bond acceptors (Lipinski definition) is 7. The van der Waals surface area contributed by atoms with Crippen LogP contribution >= 0.6 is 0 Å². The lowest BCUT2D eigenvalue weighted by atomic mass is 9.87. The van der Waals surface area contributed by atoms with E-state index in [1.54, 1.807) is 45.1 Å². The van der Waals surface area contributed by atoms with E-state index in [4.69, 9.17) is 9.84 Å². The molecular weight excluding hydrogens is 466 g/mol. The summed E-state index contributed by atoms with van der Waals surface area (Å²) in [4.78, 5) is 46.0. The smallest absolute Gasteiger partial charge is 0.327 e. The Morgan fingerprint density at radius 1 is 1.11 bits per heavy atom. The van der Waals surface area contributed by atoms with Crippen molar-refractivity contribution in [2.75, 3.05) is 7.11 Å². The van der Waals surface area contributed by atoms with Crippen LogP contribution in [-0.2, 0) is 23.9 Å². The van der Waals surface area contributed by atoms with Crippen LogP contribution < -0.4 is 5.32 Å². The Balaban J connectivity index is 2.57. The molecule has 1 heterocycles. The summed E-state index contributed by atoms with van der Waals surface area (Å²) in [6, 6.07) is 0. The topological polar surface area (TPSA) is 150 Å². The molecule has 4 N–H and O–H groups in total. The highest BCUT2D eigenvalue weighted by molar-refractivity contribution is 5.97. The zero-order valence-corrected chi connectivity index (χ0v) is 21.7. The van der Waals surface area contributed by atoms with Gasteiger partial charge in [-0.25, -0.2) is 4.79 Å². The Morgan fingerprint density at radius 2 is 1.72 bits per heavy atom. The van der Waals surface area contributed by atoms with Gasteiger partial charge in [0.1, 0.15) is 11.9 Å². The van der Waals surface area contributed by atoms with Crippen molar-refractivity contribution < 1.29 is 39.2 Å². The third kappa shape index (κ3) is 11.4. The zero-order valence-electron chi connectivity index (χ0n) is 21.7. The second-order valence-electron chi connectivity index (χ2n) is 9.54. The van der Waals surface area contributed by atoms with Crippen molar-refractivity contribution in [2.24, 2.45) is 17.8 Å². The zero-order chi connectivity index (χ0) is 27.3. The molecule has 0 saturated carbocycles. The van der Waals surface area contributed by atoms with Crippen LogP contribution in [0.5, 0.6) is 0 Å². The van der Waals surface area contributed by atoms with Crippen molar-refractivity contribution in [1.29, 1.82) is 0 Å². The number of imide groups is 1. The Kier molecular flexibility index (Phi) is 14.1. The molecule has 0 bridgehead atoms. The maximum atomic E-state index is 12.6. The minimum absolute atomic E-state index is 0.0102. The van der Waals surface area contributed by atoms with Crippen LogP contribution in [0.1, 0.15) is 65.7 Å². The van der Waals surface area contributed by atoms with Crippen LogP contribution in [0.2, 0.25) is 0 Å². The number of ketones is 1. The van der Waals surface area contributed by atoms with Crippen molar-refractivity contribution in [3.63, 3.8) is 0 Å². The maximum absolute atomic E-state index is 12.6. The Labute approximate surface area is 213 Å². The molecule has 0 aliphatic carbocycles. The lowest BCUT2D eigenvalue weighted by Gasteiger charge is -2.29. The lowest BCUT2D eigenvalue weighted by Crippen LogP contribution is -2.39. The largest absolute Gasteiger partial charge is 0.478 e. The molecule has 0 aromatic carbocycles. The molecule has 0 unspecified atom stereocenters. The second kappa shape index (κ2) is 16.2. The molecule has 0 spiro atoms. The van der Waals surface area contributed by atoms with Crippen molar-refractivity contribution in [1.82, 2.24) is 5.32 Å². The van der Waals surface area contributed by atoms with Crippen LogP contribution in [0.15, 0.2) is 36.0 Å². The molecule has 9 nitrogen and oxygen atoms in total. The van der Waals surface area contributed by atoms with Gasteiger partial charge >= 0.3 is 5.97 Å². The first kappa shape index (κ1) is 31.4. The number of aliphatic carboxylic acids is 1. The molecule has 0 aromatic rings. The number of carboxylic acids is 1. The molecule has 9 heteroatoms. The number of aliphatic hydroxyl groups is 2. The molecule has 1 aliphatic heterocycles. The standard InChI is InChI=1S/C27H41NO8/c1-17(21(29)11-9-10-20-15-23(30)28-24(31)16-20)14-18(2)26(34)19(3)27(35)22(36-4)12-7-5-6-8-13-25(32)33/h7-8,12-14,17,19-20,22,26-27,34-35H,5-6,9-11,15-16H2,1-4H3,(H,32,33)(H,28,30,31)/b12-7+,13-8+,18-14+/t17-,19+,22-,26+,27+/m1/s1. The molecule has 0 radical (unpaired) electrons. The van der Waals surface area contributed by atoms with Crippen molar-refractivity contribution >= 4 is 23.6 Å². The van der Waals surface area contributed by atoms with Gasteiger partial charge in [-0.1, -0.05) is 38.2 Å². The van der Waals surface area contributed by atoms with Gasteiger partial charge in [-0.2, -0.15) is 0 Å². The van der Waals surface area contributed by atoms with E-state index in [9.17, 15) is 29.4 Å². The van der Waals surface area contributed by atoms with Gasteiger partial charge in [0.2, 0.25) is 11.8 Å². The predicted molar refractivity (Wildman–Crippen MR) is 135 cm³/mol. The number of unbranched alkanes of at least 4 members (excludes halogenated alkanes) is 1. The van der Waals surface area contributed by atoms with Crippen molar-refractivity contribution in [2.45, 2.75) is 84.0 Å². The second-order valence-corrected chi connectivity index (χ2v) is 9.54. The summed E-state index contributed by atoms with van der Waals surface area (Å²) < 4.78 is 5.36. The minimum atomic E-state index is -1.00. The number of Topliss-reactive ketones (excluding diaryl/α,β-unsaturated/α-hetero) is 1. The van der Waals surface area contributed by atoms with E-state index in [-0.39, 0.29) is 23.5 Å². The number of methoxy groups -OCH3 is 1. The summed E-state index contributed by atoms with van der Waals surface area (Å²) in [6.45, 7) is 5.18. The summed E-state index contributed by atoms with van der Waals surface area (Å²) in [5, 5.41) is 32.4. The summed E-state index contributed by atoms with van der Waals surface area (Å²) in [5.74, 6) is -2.54. The van der Waals surface area contributed by atoms with Gasteiger partial charge in [0, 0.05) is 44.3 Å². The van der Waals surface area contributed by atoms with Crippen LogP contribution in [0.4, 0.5) is 0 Å². The molecule has 202 valence electrons. The predicted octanol–water partition coefficient (Wildman–Crippen LogP) is 2.71. The summed E-state index contributed by atoms with van der Waals surface area (Å²) >= 11 is 0. The van der Waals surface area contributed by atoms with Crippen LogP contribution in [-0.4, -0.2) is 64.3 Å². The fourth-order valence-electron chi connectivity index (χ4n) is 4.28. The molecule has 1 fully saturated rings. The van der Waals surface area contributed by atoms with Gasteiger partial charge in [0.15, 0.2) is 0 Å². The maximum Gasteiger partial charge on any atom is 0.327 e. The van der Waals surface area contributed by atoms with Gasteiger partial charge in [0.05, 0.1) is 12.2 Å². The monoisotopic (exact) mass is 507 g/mol. The van der Waals surface area contributed by atoms with Gasteiger partial charge in [-0.15, -0.1) is 0 Å². The number of aliphatic hydroxyl groups excluding tert-OH is 2. The first-order valence-corrected chi connectivity index (χ1v) is 12.4. The van der Waals surface area contributed by atoms with Crippen LogP contribution in [0.25, 0.3) is 0 Å². The van der Waals surface area contributed by atoms with Gasteiger partial charge in [0.25, 0.3) is 0 Å². The number of carboxylic acid groups (broad SMARTS) is 1. The van der Waals surface area contributed by atoms with E-state index in [1.807, 2.05) is 0 Å². The molecule has 2 amide bonds. The number of rotatable bonds is 16. The summed E-state index contributed by atoms with van der Waals surface area (Å²) in [6.07, 6.45) is 8.46. The number of nitrogens with one attached hydrogen (secondary N) is 1. The Bertz CT molecular complexity index is 831. The van der Waals surface area contributed by atoms with E-state index in [0.717, 1.165) is 6.08 Å². The number of carbonyl (C=O) groups excluding carboxylic acids is 3. The van der Waals surface area contributed by atoms with Crippen LogP contribution in [0.3, 0.4) is 0 Å². The number of allylic oxidation sites excluding steroid dienone is 3. The molecule has 1 aliphatic rings. The quantitative estimate of drug-likeness (QED) is 0.108. The molecule has 36 heavy (non-hydrogen) atoms. The molecule has 5 atom stereocenters. The molecule has 1 rings (SSSR count). The Morgan fingerprint density at radius 3 is 2.31 bits per heavy atom. The highest BCUT2D eigenvalue weighted by atomic mass is 16.5. The van der Waals surface area contributed by atoms with E-state index in [2.05, 4.69) is 5.32 Å². The van der Waals surface area contributed by atoms with Crippen molar-refractivity contribution in [3.05, 3.63) is 36.0 Å². The highest BCUT2D eigenvalue weighted by Crippen LogP contribution is 2.23.